The van der Waals surface area contributed by atoms with Crippen molar-refractivity contribution in [3.05, 3.63) is 59.4 Å². The van der Waals surface area contributed by atoms with E-state index in [4.69, 9.17) is 21.7 Å². The van der Waals surface area contributed by atoms with Crippen LogP contribution in [0.15, 0.2) is 48.0 Å². The molecule has 1 aliphatic heterocycles. The molecule has 8 nitrogen and oxygen atoms in total. The Morgan fingerprint density at radius 1 is 1.23 bits per heavy atom. The Labute approximate surface area is 181 Å². The van der Waals surface area contributed by atoms with Crippen LogP contribution in [-0.2, 0) is 14.4 Å². The average Bonchev–Trinajstić information content (AvgIpc) is 2.73. The molecule has 2 aromatic carbocycles. The van der Waals surface area contributed by atoms with Crippen molar-refractivity contribution >= 4 is 46.9 Å². The van der Waals surface area contributed by atoms with E-state index in [-0.39, 0.29) is 27.9 Å². The van der Waals surface area contributed by atoms with Crippen LogP contribution < -0.4 is 24.8 Å². The van der Waals surface area contributed by atoms with Gasteiger partial charge in [-0.1, -0.05) is 18.2 Å². The number of thiocarbonyl (C=S) groups is 1. The van der Waals surface area contributed by atoms with Gasteiger partial charge in [0.15, 0.2) is 16.6 Å². The molecule has 1 aliphatic rings. The van der Waals surface area contributed by atoms with Gasteiger partial charge in [-0.25, -0.2) is 9.29 Å². The number of hydrogen-bond acceptors (Lipinski definition) is 7. The monoisotopic (exact) mass is 443 g/mol. The summed E-state index contributed by atoms with van der Waals surface area (Å²) in [5.41, 5.74) is 0.00165. The van der Waals surface area contributed by atoms with Crippen LogP contribution in [0.25, 0.3) is 6.08 Å². The van der Waals surface area contributed by atoms with Gasteiger partial charge in [0.25, 0.3) is 11.8 Å². The lowest BCUT2D eigenvalue weighted by Gasteiger charge is -2.29. The third-order valence-corrected chi connectivity index (χ3v) is 4.61. The molecule has 0 radical (unpaired) electrons. The minimum absolute atomic E-state index is 0.0963. The highest BCUT2D eigenvalue weighted by atomic mass is 32.1. The number of carboxylic acids is 1. The van der Waals surface area contributed by atoms with Gasteiger partial charge < -0.3 is 19.4 Å². The number of amides is 2. The van der Waals surface area contributed by atoms with Gasteiger partial charge in [0, 0.05) is 0 Å². The number of rotatable bonds is 6. The zero-order valence-corrected chi connectivity index (χ0v) is 17.2. The molecule has 1 N–H and O–H groups in total. The van der Waals surface area contributed by atoms with Gasteiger partial charge >= 0.3 is 0 Å². The Hall–Kier alpha value is -3.79. The zero-order chi connectivity index (χ0) is 22.7. The second-order valence-electron chi connectivity index (χ2n) is 6.40. The van der Waals surface area contributed by atoms with Crippen LogP contribution in [-0.4, -0.2) is 36.1 Å². The van der Waals surface area contributed by atoms with Crippen molar-refractivity contribution in [3.63, 3.8) is 0 Å². The van der Waals surface area contributed by atoms with E-state index < -0.39 is 29.7 Å². The number of carbonyl (C=O) groups is 3. The molecule has 0 spiro atoms. The van der Waals surface area contributed by atoms with E-state index in [1.165, 1.54) is 62.6 Å². The first-order valence-corrected chi connectivity index (χ1v) is 9.35. The summed E-state index contributed by atoms with van der Waals surface area (Å²) in [5, 5.41) is 13.0. The molecule has 1 saturated heterocycles. The molecule has 2 aromatic rings. The Balaban J connectivity index is 1.97. The van der Waals surface area contributed by atoms with Crippen LogP contribution in [0.5, 0.6) is 11.5 Å². The molecular weight excluding hydrogens is 427 g/mol. The fourth-order valence-corrected chi connectivity index (χ4v) is 3.06. The molecule has 31 heavy (non-hydrogen) atoms. The molecule has 1 atom stereocenters. The van der Waals surface area contributed by atoms with Crippen molar-refractivity contribution < 1.29 is 33.4 Å². The molecule has 0 unspecified atom stereocenters. The standard InChI is InChI=1S/C21H17FN2O6S/c1-11(20(27)28)30-16-8-7-12(10-17(16)29-2)9-13-18(25)23-21(31)24(19(13)26)15-6-4-3-5-14(15)22/h3-11H,1-2H3,(H,27,28)(H,23,25,31)/p-1/b13-9+/t11-/m1/s1. The summed E-state index contributed by atoms with van der Waals surface area (Å²) in [4.78, 5) is 37.1. The van der Waals surface area contributed by atoms with Crippen LogP contribution in [0.4, 0.5) is 10.1 Å². The number of nitrogens with zero attached hydrogens (tertiary/aromatic N) is 1. The summed E-state index contributed by atoms with van der Waals surface area (Å²) >= 11 is 5.05. The fourth-order valence-electron chi connectivity index (χ4n) is 2.79. The Morgan fingerprint density at radius 2 is 1.94 bits per heavy atom. The predicted molar refractivity (Wildman–Crippen MR) is 111 cm³/mol. The van der Waals surface area contributed by atoms with Crippen LogP contribution in [0.3, 0.4) is 0 Å². The van der Waals surface area contributed by atoms with Crippen molar-refractivity contribution in [3.8, 4) is 11.5 Å². The lowest BCUT2D eigenvalue weighted by atomic mass is 10.1. The van der Waals surface area contributed by atoms with Crippen LogP contribution in [0.2, 0.25) is 0 Å². The number of carboxylic acid groups (broad SMARTS) is 1. The van der Waals surface area contributed by atoms with E-state index >= 15 is 0 Å². The van der Waals surface area contributed by atoms with Crippen molar-refractivity contribution in [2.45, 2.75) is 13.0 Å². The number of nitrogens with one attached hydrogen (secondary N) is 1. The van der Waals surface area contributed by atoms with Gasteiger partial charge in [-0.2, -0.15) is 0 Å². The first-order chi connectivity index (χ1) is 14.7. The number of hydrogen-bond donors (Lipinski definition) is 1. The normalized spacial score (nSPS) is 16.2. The lowest BCUT2D eigenvalue weighted by Crippen LogP contribution is -2.54. The highest BCUT2D eigenvalue weighted by Gasteiger charge is 2.35. The average molecular weight is 443 g/mol. The topological polar surface area (TPSA) is 108 Å². The zero-order valence-electron chi connectivity index (χ0n) is 16.4. The maximum absolute atomic E-state index is 14.2. The summed E-state index contributed by atoms with van der Waals surface area (Å²) in [6, 6.07) is 9.90. The number of halogens is 1. The van der Waals surface area contributed by atoms with Gasteiger partial charge in [-0.15, -0.1) is 0 Å². The lowest BCUT2D eigenvalue weighted by molar-refractivity contribution is -0.312. The minimum atomic E-state index is -1.40. The molecule has 0 aromatic heterocycles. The van der Waals surface area contributed by atoms with E-state index in [0.717, 1.165) is 4.90 Å². The highest BCUT2D eigenvalue weighted by molar-refractivity contribution is 7.80. The smallest absolute Gasteiger partial charge is 0.270 e. The van der Waals surface area contributed by atoms with Gasteiger partial charge in [0.2, 0.25) is 0 Å². The number of ether oxygens (including phenoxy) is 2. The molecule has 10 heteroatoms. The predicted octanol–water partition coefficient (Wildman–Crippen LogP) is 1.18. The first-order valence-electron chi connectivity index (χ1n) is 8.94. The quantitative estimate of drug-likeness (QED) is 0.406. The fraction of sp³-hybridized carbons (Fsp3) is 0.143. The van der Waals surface area contributed by atoms with E-state index in [9.17, 15) is 23.9 Å². The van der Waals surface area contributed by atoms with E-state index in [2.05, 4.69) is 5.32 Å². The number of methoxy groups -OCH3 is 1. The summed E-state index contributed by atoms with van der Waals surface area (Å²) in [6.07, 6.45) is 0.0565. The first kappa shape index (κ1) is 21.9. The number of aliphatic carboxylic acids is 1. The summed E-state index contributed by atoms with van der Waals surface area (Å²) in [6.45, 7) is 1.30. The number of anilines is 1. The summed E-state index contributed by atoms with van der Waals surface area (Å²) in [5.74, 6) is -3.32. The number of carbonyl (C=O) groups excluding carboxylic acids is 3. The second kappa shape index (κ2) is 8.92. The molecule has 3 rings (SSSR count). The second-order valence-corrected chi connectivity index (χ2v) is 6.79. The van der Waals surface area contributed by atoms with Gasteiger partial charge in [0.05, 0.1) is 18.8 Å². The van der Waals surface area contributed by atoms with Crippen molar-refractivity contribution in [2.24, 2.45) is 0 Å². The third-order valence-electron chi connectivity index (χ3n) is 4.33. The molecule has 2 amide bonds. The number of benzene rings is 2. The van der Waals surface area contributed by atoms with Crippen LogP contribution in [0.1, 0.15) is 12.5 Å². The van der Waals surface area contributed by atoms with E-state index in [0.29, 0.717) is 5.56 Å². The largest absolute Gasteiger partial charge is 0.546 e. The SMILES string of the molecule is COc1cc(/C=C2\C(=O)NC(=S)N(c3ccccc3F)C2=O)ccc1O[C@H](C)C(=O)[O-]. The van der Waals surface area contributed by atoms with Crippen molar-refractivity contribution in [1.82, 2.24) is 5.32 Å². The Kier molecular flexibility index (Phi) is 6.30. The summed E-state index contributed by atoms with van der Waals surface area (Å²) in [7, 11) is 1.35. The van der Waals surface area contributed by atoms with Gasteiger partial charge in [-0.05, 0) is 55.0 Å². The highest BCUT2D eigenvalue weighted by Crippen LogP contribution is 2.31. The van der Waals surface area contributed by atoms with E-state index in [1.807, 2.05) is 0 Å². The van der Waals surface area contributed by atoms with E-state index in [1.54, 1.807) is 0 Å². The third kappa shape index (κ3) is 4.53. The van der Waals surface area contributed by atoms with Gasteiger partial charge in [0.1, 0.15) is 17.5 Å². The molecule has 0 saturated carbocycles. The number of para-hydroxylation sites is 1. The molecule has 1 fully saturated rings. The minimum Gasteiger partial charge on any atom is -0.546 e. The maximum Gasteiger partial charge on any atom is 0.270 e. The maximum atomic E-state index is 14.2. The summed E-state index contributed by atoms with van der Waals surface area (Å²) < 4.78 is 24.7. The molecule has 1 heterocycles. The Morgan fingerprint density at radius 3 is 2.58 bits per heavy atom. The Bertz CT molecular complexity index is 1120. The molecule has 0 bridgehead atoms. The molecule has 160 valence electrons. The van der Waals surface area contributed by atoms with Gasteiger partial charge in [-0.3, -0.25) is 14.9 Å². The molecular formula is C21H16FN2O6S-. The molecule has 0 aliphatic carbocycles. The van der Waals surface area contributed by atoms with Crippen molar-refractivity contribution in [1.29, 1.82) is 0 Å². The van der Waals surface area contributed by atoms with Crippen molar-refractivity contribution in [2.75, 3.05) is 12.0 Å². The van der Waals surface area contributed by atoms with Crippen LogP contribution >= 0.6 is 12.2 Å². The van der Waals surface area contributed by atoms with Crippen LogP contribution in [0, 0.1) is 5.82 Å².